The van der Waals surface area contributed by atoms with Gasteiger partial charge in [-0.3, -0.25) is 9.89 Å². The molecule has 2 fully saturated rings. The maximum atomic E-state index is 12.5. The van der Waals surface area contributed by atoms with Gasteiger partial charge in [0.25, 0.3) is 6.43 Å². The van der Waals surface area contributed by atoms with Crippen LogP contribution < -0.4 is 10.6 Å². The van der Waals surface area contributed by atoms with Gasteiger partial charge in [-0.15, -0.1) is 24.0 Å². The maximum Gasteiger partial charge on any atom is 0.251 e. The largest absolute Gasteiger partial charge is 0.354 e. The van der Waals surface area contributed by atoms with E-state index in [1.54, 1.807) is 0 Å². The van der Waals surface area contributed by atoms with Crippen LogP contribution in [0.1, 0.15) is 37.7 Å². The van der Waals surface area contributed by atoms with Crippen LogP contribution in [0, 0.1) is 0 Å². The Morgan fingerprint density at radius 2 is 1.89 bits per heavy atom. The van der Waals surface area contributed by atoms with E-state index in [4.69, 9.17) is 0 Å². The highest BCUT2D eigenvalue weighted by atomic mass is 127. The van der Waals surface area contributed by atoms with E-state index in [9.17, 15) is 8.78 Å². The molecular weight excluding hydrogens is 529 g/mol. The summed E-state index contributed by atoms with van der Waals surface area (Å²) in [5.41, 5.74) is 1.35. The minimum Gasteiger partial charge on any atom is -0.354 e. The van der Waals surface area contributed by atoms with Crippen LogP contribution in [0.15, 0.2) is 33.7 Å². The van der Waals surface area contributed by atoms with E-state index in [2.05, 4.69) is 55.8 Å². The molecule has 1 saturated heterocycles. The van der Waals surface area contributed by atoms with Crippen molar-refractivity contribution in [3.05, 3.63) is 34.3 Å². The Labute approximate surface area is 185 Å². The highest BCUT2D eigenvalue weighted by Crippen LogP contribution is 2.41. The molecule has 2 aliphatic rings. The van der Waals surface area contributed by atoms with Crippen LogP contribution in [0.4, 0.5) is 8.78 Å². The molecule has 1 saturated carbocycles. The van der Waals surface area contributed by atoms with E-state index in [-0.39, 0.29) is 30.5 Å². The van der Waals surface area contributed by atoms with Gasteiger partial charge < -0.3 is 10.6 Å². The van der Waals surface area contributed by atoms with Gasteiger partial charge in [0.2, 0.25) is 0 Å². The minimum atomic E-state index is -2.25. The van der Waals surface area contributed by atoms with Crippen LogP contribution >= 0.6 is 39.9 Å². The molecule has 4 nitrogen and oxygen atoms in total. The van der Waals surface area contributed by atoms with E-state index in [0.29, 0.717) is 31.1 Å². The number of piperidine rings is 1. The Morgan fingerprint density at radius 3 is 2.48 bits per heavy atom. The fraction of sp³-hybridized carbons (Fsp3) is 0.632. The van der Waals surface area contributed by atoms with Crippen LogP contribution in [0.25, 0.3) is 0 Å². The van der Waals surface area contributed by atoms with Gasteiger partial charge in [0.05, 0.1) is 6.54 Å². The number of hydrogen-bond acceptors (Lipinski definition) is 2. The lowest BCUT2D eigenvalue weighted by Gasteiger charge is -2.32. The van der Waals surface area contributed by atoms with Gasteiger partial charge >= 0.3 is 0 Å². The summed E-state index contributed by atoms with van der Waals surface area (Å²) in [5.74, 6) is 1.38. The molecule has 2 atom stereocenters. The first-order valence-electron chi connectivity index (χ1n) is 9.38. The highest BCUT2D eigenvalue weighted by molar-refractivity contribution is 14.0. The predicted molar refractivity (Wildman–Crippen MR) is 120 cm³/mol. The molecule has 152 valence electrons. The maximum absolute atomic E-state index is 12.5. The molecule has 2 unspecified atom stereocenters. The number of nitrogens with zero attached hydrogens (tertiary/aromatic N) is 2. The van der Waals surface area contributed by atoms with Gasteiger partial charge in [-0.05, 0) is 43.9 Å². The number of alkyl halides is 2. The topological polar surface area (TPSA) is 39.7 Å². The van der Waals surface area contributed by atoms with Gasteiger partial charge in [0.15, 0.2) is 5.96 Å². The van der Waals surface area contributed by atoms with Gasteiger partial charge in [-0.2, -0.15) is 0 Å². The molecule has 0 radical (unpaired) electrons. The van der Waals surface area contributed by atoms with E-state index < -0.39 is 6.43 Å². The highest BCUT2D eigenvalue weighted by Gasteiger charge is 2.39. The van der Waals surface area contributed by atoms with Crippen LogP contribution in [0.5, 0.6) is 0 Å². The molecule has 0 amide bonds. The Bertz CT molecular complexity index is 606. The van der Waals surface area contributed by atoms with Crippen molar-refractivity contribution in [2.45, 2.75) is 50.6 Å². The predicted octanol–water partition coefficient (Wildman–Crippen LogP) is 4.21. The van der Waals surface area contributed by atoms with Crippen LogP contribution in [-0.4, -0.2) is 55.5 Å². The van der Waals surface area contributed by atoms with Crippen molar-refractivity contribution in [3.63, 3.8) is 0 Å². The van der Waals surface area contributed by atoms with Gasteiger partial charge in [-0.25, -0.2) is 8.78 Å². The molecule has 1 heterocycles. The summed E-state index contributed by atoms with van der Waals surface area (Å²) in [5, 5.41) is 7.04. The summed E-state index contributed by atoms with van der Waals surface area (Å²) in [6, 6.07) is 9.20. The van der Waals surface area contributed by atoms with E-state index in [1.807, 2.05) is 11.8 Å². The zero-order chi connectivity index (χ0) is 18.5. The molecule has 8 heteroatoms. The summed E-state index contributed by atoms with van der Waals surface area (Å²) >= 11 is 3.47. The summed E-state index contributed by atoms with van der Waals surface area (Å²) in [6.45, 7) is 4.06. The first kappa shape index (κ1) is 22.8. The van der Waals surface area contributed by atoms with E-state index in [0.717, 1.165) is 36.2 Å². The molecular formula is C19H28BrF2IN4. The van der Waals surface area contributed by atoms with Gasteiger partial charge in [0, 0.05) is 42.1 Å². The lowest BCUT2D eigenvalue weighted by molar-refractivity contribution is 0.0744. The Hall–Kier alpha value is -0.480. The van der Waals surface area contributed by atoms with Crippen molar-refractivity contribution in [2.75, 3.05) is 26.2 Å². The van der Waals surface area contributed by atoms with Gasteiger partial charge in [-0.1, -0.05) is 28.1 Å². The number of rotatable bonds is 6. The first-order valence-corrected chi connectivity index (χ1v) is 10.2. The number of aliphatic imine (C=N–C) groups is 1. The molecule has 3 rings (SSSR count). The van der Waals surface area contributed by atoms with Crippen LogP contribution in [0.2, 0.25) is 0 Å². The lowest BCUT2D eigenvalue weighted by atomic mass is 10.1. The van der Waals surface area contributed by atoms with Crippen LogP contribution in [0.3, 0.4) is 0 Å². The van der Waals surface area contributed by atoms with Crippen molar-refractivity contribution < 1.29 is 8.78 Å². The molecule has 27 heavy (non-hydrogen) atoms. The van der Waals surface area contributed by atoms with Crippen molar-refractivity contribution in [1.82, 2.24) is 15.5 Å². The minimum absolute atomic E-state index is 0. The smallest absolute Gasteiger partial charge is 0.251 e. The summed E-state index contributed by atoms with van der Waals surface area (Å²) < 4.78 is 26.1. The Kier molecular flexibility index (Phi) is 9.21. The second-order valence-corrected chi connectivity index (χ2v) is 7.99. The number of benzene rings is 1. The molecule has 2 N–H and O–H groups in total. The summed E-state index contributed by atoms with van der Waals surface area (Å²) in [4.78, 5) is 6.41. The molecule has 1 aliphatic heterocycles. The Balaban J connectivity index is 0.00000261. The first-order chi connectivity index (χ1) is 12.5. The molecule has 0 bridgehead atoms. The van der Waals surface area contributed by atoms with E-state index in [1.165, 1.54) is 5.56 Å². The fourth-order valence-corrected chi connectivity index (χ4v) is 3.81. The zero-order valence-corrected chi connectivity index (χ0v) is 19.4. The number of hydrogen-bond donors (Lipinski definition) is 2. The van der Waals surface area contributed by atoms with Crippen LogP contribution in [-0.2, 0) is 0 Å². The fourth-order valence-electron chi connectivity index (χ4n) is 3.55. The molecule has 1 aromatic carbocycles. The van der Waals surface area contributed by atoms with Crippen molar-refractivity contribution >= 4 is 45.9 Å². The summed E-state index contributed by atoms with van der Waals surface area (Å²) in [7, 11) is 0. The summed E-state index contributed by atoms with van der Waals surface area (Å²) in [6.07, 6.45) is 0.609. The normalized spacial score (nSPS) is 23.8. The number of halogens is 4. The molecule has 1 aliphatic carbocycles. The SMILES string of the molecule is CCN=C(NC1CCN(CC(F)F)CC1)NC1CC1c1ccc(Br)cc1.I. The third kappa shape index (κ3) is 7.12. The van der Waals surface area contributed by atoms with Crippen molar-refractivity contribution in [2.24, 2.45) is 4.99 Å². The standard InChI is InChI=1S/C19H27BrF2N4.HI/c1-2-23-19(24-15-7-9-26(10-8-15)12-18(21)22)25-17-11-16(17)13-3-5-14(20)6-4-13;/h3-6,15-18H,2,7-12H2,1H3,(H2,23,24,25);1H. The second-order valence-electron chi connectivity index (χ2n) is 7.08. The quantitative estimate of drug-likeness (QED) is 0.313. The van der Waals surface area contributed by atoms with Crippen molar-refractivity contribution in [3.8, 4) is 0 Å². The molecule has 1 aromatic rings. The van der Waals surface area contributed by atoms with Gasteiger partial charge in [0.1, 0.15) is 0 Å². The number of guanidine groups is 1. The van der Waals surface area contributed by atoms with E-state index >= 15 is 0 Å². The van der Waals surface area contributed by atoms with Crippen molar-refractivity contribution in [1.29, 1.82) is 0 Å². The lowest BCUT2D eigenvalue weighted by Crippen LogP contribution is -2.50. The molecule has 0 aromatic heterocycles. The third-order valence-electron chi connectivity index (χ3n) is 5.05. The number of nitrogens with one attached hydrogen (secondary N) is 2. The number of likely N-dealkylation sites (tertiary alicyclic amines) is 1. The molecule has 0 spiro atoms. The zero-order valence-electron chi connectivity index (χ0n) is 15.5. The average Bonchev–Trinajstić information content (AvgIpc) is 3.36. The third-order valence-corrected chi connectivity index (χ3v) is 5.58. The average molecular weight is 557 g/mol. The monoisotopic (exact) mass is 556 g/mol. The second kappa shape index (κ2) is 10.9. The Morgan fingerprint density at radius 1 is 1.22 bits per heavy atom.